The molecule has 0 radical (unpaired) electrons. The van der Waals surface area contributed by atoms with Crippen LogP contribution in [0.25, 0.3) is 10.9 Å². The Morgan fingerprint density at radius 3 is 2.76 bits per heavy atom. The summed E-state index contributed by atoms with van der Waals surface area (Å²) in [4.78, 5) is 6.73. The number of nitrogens with two attached hydrogens (primary N) is 1. The highest BCUT2D eigenvalue weighted by atomic mass is 79.9. The first-order valence-electron chi connectivity index (χ1n) is 7.33. The van der Waals surface area contributed by atoms with Crippen molar-refractivity contribution >= 4 is 38.2 Å². The number of benzene rings is 1. The molecule has 0 amide bonds. The van der Waals surface area contributed by atoms with Gasteiger partial charge in [-0.25, -0.2) is 0 Å². The van der Waals surface area contributed by atoms with Gasteiger partial charge in [0.15, 0.2) is 0 Å². The van der Waals surface area contributed by atoms with E-state index in [9.17, 15) is 5.11 Å². The predicted molar refractivity (Wildman–Crippen MR) is 90.5 cm³/mol. The van der Waals surface area contributed by atoms with Gasteiger partial charge in [0, 0.05) is 22.9 Å². The zero-order valence-electron chi connectivity index (χ0n) is 12.1. The summed E-state index contributed by atoms with van der Waals surface area (Å²) < 4.78 is 1.03. The Bertz CT molecular complexity index is 646. The number of aliphatic hydroxyl groups excluding tert-OH is 1. The molecule has 1 atom stereocenters. The minimum atomic E-state index is -0.229. The van der Waals surface area contributed by atoms with Crippen LogP contribution in [0.4, 0.5) is 11.4 Å². The third-order valence-corrected chi connectivity index (χ3v) is 4.86. The maximum Gasteiger partial charge on any atom is 0.0745 e. The van der Waals surface area contributed by atoms with E-state index in [-0.39, 0.29) is 6.10 Å². The molecule has 21 heavy (non-hydrogen) atoms. The third-order valence-electron chi connectivity index (χ3n) is 4.37. The van der Waals surface area contributed by atoms with E-state index in [1.165, 1.54) is 0 Å². The van der Waals surface area contributed by atoms with Crippen LogP contribution in [0.2, 0.25) is 0 Å². The van der Waals surface area contributed by atoms with Crippen molar-refractivity contribution < 1.29 is 5.11 Å². The number of fused-ring (bicyclic) bond motifs is 1. The molecule has 0 bridgehead atoms. The first kappa shape index (κ1) is 14.6. The lowest BCUT2D eigenvalue weighted by molar-refractivity contribution is 0.110. The second-order valence-corrected chi connectivity index (χ2v) is 6.70. The molecule has 3 N–H and O–H groups in total. The van der Waals surface area contributed by atoms with Crippen LogP contribution in [0.5, 0.6) is 0 Å². The highest BCUT2D eigenvalue weighted by molar-refractivity contribution is 9.10. The van der Waals surface area contributed by atoms with Crippen molar-refractivity contribution in [3.8, 4) is 0 Å². The monoisotopic (exact) mass is 349 g/mol. The van der Waals surface area contributed by atoms with Crippen LogP contribution in [0, 0.1) is 5.92 Å². The minimum Gasteiger partial charge on any atom is -0.396 e. The van der Waals surface area contributed by atoms with Crippen LogP contribution in [-0.4, -0.2) is 29.3 Å². The zero-order valence-corrected chi connectivity index (χ0v) is 13.7. The van der Waals surface area contributed by atoms with Gasteiger partial charge >= 0.3 is 0 Å². The standard InChI is InChI=1S/C16H20BrN3O/c1-10(21)11-4-6-20(7-5-11)16-13-8-12(17)2-3-15(13)19-9-14(16)18/h2-3,8-11,21H,4-7,18H2,1H3. The summed E-state index contributed by atoms with van der Waals surface area (Å²) in [7, 11) is 0. The Labute approximate surface area is 133 Å². The number of halogens is 1. The van der Waals surface area contributed by atoms with Crippen LogP contribution in [0.15, 0.2) is 28.9 Å². The lowest BCUT2D eigenvalue weighted by Crippen LogP contribution is -2.37. The van der Waals surface area contributed by atoms with E-state index in [1.807, 2.05) is 19.1 Å². The molecule has 1 fully saturated rings. The largest absolute Gasteiger partial charge is 0.396 e. The van der Waals surface area contributed by atoms with Gasteiger partial charge in [0.2, 0.25) is 0 Å². The highest BCUT2D eigenvalue weighted by Crippen LogP contribution is 2.35. The van der Waals surface area contributed by atoms with E-state index in [0.717, 1.165) is 52.7 Å². The molecular weight excluding hydrogens is 330 g/mol. The van der Waals surface area contributed by atoms with Crippen LogP contribution < -0.4 is 10.6 Å². The summed E-state index contributed by atoms with van der Waals surface area (Å²) in [5, 5.41) is 10.8. The fraction of sp³-hybridized carbons (Fsp3) is 0.438. The van der Waals surface area contributed by atoms with Crippen LogP contribution >= 0.6 is 15.9 Å². The SMILES string of the molecule is CC(O)C1CCN(c2c(N)cnc3ccc(Br)cc23)CC1. The van der Waals surface area contributed by atoms with E-state index in [1.54, 1.807) is 6.20 Å². The number of pyridine rings is 1. The molecule has 1 aliphatic rings. The molecule has 3 rings (SSSR count). The van der Waals surface area contributed by atoms with E-state index >= 15 is 0 Å². The van der Waals surface area contributed by atoms with Gasteiger partial charge in [-0.2, -0.15) is 0 Å². The van der Waals surface area contributed by atoms with Crippen molar-refractivity contribution in [1.29, 1.82) is 0 Å². The topological polar surface area (TPSA) is 62.4 Å². The Balaban J connectivity index is 1.97. The fourth-order valence-electron chi connectivity index (χ4n) is 3.12. The summed E-state index contributed by atoms with van der Waals surface area (Å²) in [5.41, 5.74) is 8.94. The van der Waals surface area contributed by atoms with E-state index in [0.29, 0.717) is 5.92 Å². The van der Waals surface area contributed by atoms with Crippen LogP contribution in [0.3, 0.4) is 0 Å². The Kier molecular flexibility index (Phi) is 4.04. The van der Waals surface area contributed by atoms with Crippen molar-refractivity contribution in [3.05, 3.63) is 28.9 Å². The number of rotatable bonds is 2. The molecule has 0 aliphatic carbocycles. The molecule has 5 heteroatoms. The molecule has 0 spiro atoms. The van der Waals surface area contributed by atoms with E-state index in [2.05, 4.69) is 31.9 Å². The molecule has 1 unspecified atom stereocenters. The molecule has 112 valence electrons. The predicted octanol–water partition coefficient (Wildman–Crippen LogP) is 3.18. The second kappa shape index (κ2) is 5.81. The molecule has 2 aromatic rings. The lowest BCUT2D eigenvalue weighted by atomic mass is 9.91. The summed E-state index contributed by atoms with van der Waals surface area (Å²) in [6.07, 6.45) is 3.50. The molecule has 1 aliphatic heterocycles. The van der Waals surface area contributed by atoms with Gasteiger partial charge in [-0.05, 0) is 43.9 Å². The van der Waals surface area contributed by atoms with Crippen molar-refractivity contribution in [2.45, 2.75) is 25.9 Å². The molecule has 0 saturated carbocycles. The first-order valence-corrected chi connectivity index (χ1v) is 8.12. The average molecular weight is 350 g/mol. The number of nitrogens with zero attached hydrogens (tertiary/aromatic N) is 2. The highest BCUT2D eigenvalue weighted by Gasteiger charge is 2.25. The van der Waals surface area contributed by atoms with Crippen molar-refractivity contribution in [3.63, 3.8) is 0 Å². The van der Waals surface area contributed by atoms with E-state index < -0.39 is 0 Å². The maximum atomic E-state index is 9.74. The fourth-order valence-corrected chi connectivity index (χ4v) is 3.49. The molecular formula is C16H20BrN3O. The first-order chi connectivity index (χ1) is 10.1. The van der Waals surface area contributed by atoms with Gasteiger partial charge in [-0.15, -0.1) is 0 Å². The van der Waals surface area contributed by atoms with Gasteiger partial charge in [-0.3, -0.25) is 4.98 Å². The smallest absolute Gasteiger partial charge is 0.0745 e. The van der Waals surface area contributed by atoms with Gasteiger partial charge in [0.05, 0.1) is 29.2 Å². The molecule has 1 aromatic carbocycles. The Hall–Kier alpha value is -1.33. The summed E-state index contributed by atoms with van der Waals surface area (Å²) in [6, 6.07) is 6.08. The molecule has 1 saturated heterocycles. The zero-order chi connectivity index (χ0) is 15.0. The Morgan fingerprint density at radius 1 is 1.38 bits per heavy atom. The number of piperidine rings is 1. The van der Waals surface area contributed by atoms with Crippen molar-refractivity contribution in [1.82, 2.24) is 4.98 Å². The van der Waals surface area contributed by atoms with Gasteiger partial charge in [0.1, 0.15) is 0 Å². The number of anilines is 2. The molecule has 2 heterocycles. The minimum absolute atomic E-state index is 0.229. The van der Waals surface area contributed by atoms with Gasteiger partial charge < -0.3 is 15.7 Å². The van der Waals surface area contributed by atoms with Gasteiger partial charge in [-0.1, -0.05) is 15.9 Å². The lowest BCUT2D eigenvalue weighted by Gasteiger charge is -2.35. The summed E-state index contributed by atoms with van der Waals surface area (Å²) in [6.45, 7) is 3.73. The summed E-state index contributed by atoms with van der Waals surface area (Å²) in [5.74, 6) is 0.391. The van der Waals surface area contributed by atoms with Crippen LogP contribution in [-0.2, 0) is 0 Å². The van der Waals surface area contributed by atoms with Gasteiger partial charge in [0.25, 0.3) is 0 Å². The number of hydrogen-bond donors (Lipinski definition) is 2. The average Bonchev–Trinajstić information content (AvgIpc) is 2.47. The number of aliphatic hydroxyl groups is 1. The second-order valence-electron chi connectivity index (χ2n) is 5.79. The quantitative estimate of drug-likeness (QED) is 0.873. The number of hydrogen-bond acceptors (Lipinski definition) is 4. The normalized spacial score (nSPS) is 18.1. The van der Waals surface area contributed by atoms with Crippen molar-refractivity contribution in [2.24, 2.45) is 5.92 Å². The number of nitrogen functional groups attached to an aromatic ring is 1. The molecule has 1 aromatic heterocycles. The van der Waals surface area contributed by atoms with E-state index in [4.69, 9.17) is 5.73 Å². The Morgan fingerprint density at radius 2 is 2.10 bits per heavy atom. The third kappa shape index (κ3) is 2.85. The van der Waals surface area contributed by atoms with Crippen molar-refractivity contribution in [2.75, 3.05) is 23.7 Å². The maximum absolute atomic E-state index is 9.74. The summed E-state index contributed by atoms with van der Waals surface area (Å²) >= 11 is 3.52. The van der Waals surface area contributed by atoms with Crippen LogP contribution in [0.1, 0.15) is 19.8 Å². The number of aromatic nitrogens is 1. The molecule has 4 nitrogen and oxygen atoms in total.